The van der Waals surface area contributed by atoms with Crippen molar-refractivity contribution in [1.82, 2.24) is 4.98 Å². The van der Waals surface area contributed by atoms with E-state index >= 15 is 0 Å². The van der Waals surface area contributed by atoms with Gasteiger partial charge in [-0.1, -0.05) is 41.4 Å². The average molecular weight is 507 g/mol. The van der Waals surface area contributed by atoms with Crippen LogP contribution in [-0.4, -0.2) is 27.9 Å². The second kappa shape index (κ2) is 9.89. The lowest BCUT2D eigenvalue weighted by Gasteiger charge is -2.09. The highest BCUT2D eigenvalue weighted by Crippen LogP contribution is 2.27. The van der Waals surface area contributed by atoms with Gasteiger partial charge in [0.1, 0.15) is 5.69 Å². The number of halogens is 2. The molecule has 0 aliphatic carbocycles. The van der Waals surface area contributed by atoms with Crippen LogP contribution in [0.25, 0.3) is 10.9 Å². The van der Waals surface area contributed by atoms with Crippen LogP contribution in [0.15, 0.2) is 60.7 Å². The Balaban J connectivity index is 1.57. The first-order valence-corrected chi connectivity index (χ1v) is 11.0. The predicted octanol–water partition coefficient (Wildman–Crippen LogP) is 5.48. The molecule has 0 aliphatic heterocycles. The van der Waals surface area contributed by atoms with Crippen LogP contribution < -0.4 is 10.6 Å². The molecule has 10 heteroatoms. The number of nitriles is 1. The zero-order valence-electron chi connectivity index (χ0n) is 17.9. The van der Waals surface area contributed by atoms with E-state index in [0.717, 1.165) is 0 Å². The normalized spacial score (nSPS) is 10.5. The van der Waals surface area contributed by atoms with Crippen LogP contribution in [0.3, 0.4) is 0 Å². The lowest BCUT2D eigenvalue weighted by molar-refractivity contribution is -0.115. The van der Waals surface area contributed by atoms with Gasteiger partial charge in [0.25, 0.3) is 5.91 Å². The second-order valence-electron chi connectivity index (χ2n) is 7.51. The van der Waals surface area contributed by atoms with Gasteiger partial charge in [0.05, 0.1) is 40.5 Å². The number of carboxylic acid groups (broad SMARTS) is 1. The lowest BCUT2D eigenvalue weighted by atomic mass is 10.1. The number of nitrogens with one attached hydrogen (secondary N) is 3. The highest BCUT2D eigenvalue weighted by molar-refractivity contribution is 6.36. The number of fused-ring (bicyclic) bond motifs is 1. The van der Waals surface area contributed by atoms with Crippen molar-refractivity contribution in [3.63, 3.8) is 0 Å². The van der Waals surface area contributed by atoms with E-state index in [9.17, 15) is 19.5 Å². The van der Waals surface area contributed by atoms with Crippen molar-refractivity contribution in [2.24, 2.45) is 0 Å². The number of aromatic amines is 1. The maximum Gasteiger partial charge on any atom is 0.337 e. The summed E-state index contributed by atoms with van der Waals surface area (Å²) >= 11 is 12.3. The van der Waals surface area contributed by atoms with Gasteiger partial charge in [-0.3, -0.25) is 9.59 Å². The number of carbonyl (C=O) groups excluding carboxylic acids is 2. The van der Waals surface area contributed by atoms with Crippen molar-refractivity contribution in [2.45, 2.75) is 6.42 Å². The molecular formula is C25H16Cl2N4O4. The van der Waals surface area contributed by atoms with Crippen LogP contribution in [0.5, 0.6) is 0 Å². The van der Waals surface area contributed by atoms with Gasteiger partial charge in [0, 0.05) is 15.4 Å². The van der Waals surface area contributed by atoms with Crippen molar-refractivity contribution < 1.29 is 19.5 Å². The molecule has 0 bridgehead atoms. The Kier molecular flexibility index (Phi) is 6.73. The zero-order valence-corrected chi connectivity index (χ0v) is 19.4. The highest BCUT2D eigenvalue weighted by atomic mass is 35.5. The number of anilines is 2. The van der Waals surface area contributed by atoms with Gasteiger partial charge in [-0.25, -0.2) is 4.79 Å². The minimum absolute atomic E-state index is 0.0421. The third kappa shape index (κ3) is 5.11. The molecule has 35 heavy (non-hydrogen) atoms. The Morgan fingerprint density at radius 2 is 1.66 bits per heavy atom. The van der Waals surface area contributed by atoms with Gasteiger partial charge in [-0.2, -0.15) is 5.26 Å². The molecule has 4 rings (SSSR count). The number of amides is 2. The predicted molar refractivity (Wildman–Crippen MR) is 133 cm³/mol. The summed E-state index contributed by atoms with van der Waals surface area (Å²) in [6.45, 7) is 0. The number of carboxylic acids is 1. The summed E-state index contributed by atoms with van der Waals surface area (Å²) in [7, 11) is 0. The van der Waals surface area contributed by atoms with Crippen LogP contribution in [0.1, 0.15) is 32.0 Å². The molecular weight excluding hydrogens is 491 g/mol. The van der Waals surface area contributed by atoms with Crippen molar-refractivity contribution in [3.05, 3.63) is 93.1 Å². The van der Waals surface area contributed by atoms with Gasteiger partial charge in [-0.15, -0.1) is 0 Å². The van der Waals surface area contributed by atoms with E-state index in [2.05, 4.69) is 15.6 Å². The van der Waals surface area contributed by atoms with Gasteiger partial charge in [-0.05, 0) is 48.0 Å². The molecule has 8 nitrogen and oxygen atoms in total. The number of benzene rings is 3. The highest BCUT2D eigenvalue weighted by Gasteiger charge is 2.18. The third-order valence-corrected chi connectivity index (χ3v) is 5.91. The first-order chi connectivity index (χ1) is 16.8. The average Bonchev–Trinajstić information content (AvgIpc) is 3.27. The summed E-state index contributed by atoms with van der Waals surface area (Å²) in [6.07, 6.45) is -0.0421. The van der Waals surface area contributed by atoms with Crippen LogP contribution in [-0.2, 0) is 11.2 Å². The fraction of sp³-hybridized carbons (Fsp3) is 0.0400. The van der Waals surface area contributed by atoms with E-state index in [1.807, 2.05) is 6.07 Å². The number of aromatic nitrogens is 1. The summed E-state index contributed by atoms with van der Waals surface area (Å²) in [4.78, 5) is 40.0. The number of rotatable bonds is 6. The van der Waals surface area contributed by atoms with Crippen molar-refractivity contribution >= 4 is 63.3 Å². The van der Waals surface area contributed by atoms with Crippen molar-refractivity contribution in [3.8, 4) is 6.07 Å². The second-order valence-corrected chi connectivity index (χ2v) is 8.32. The fourth-order valence-corrected chi connectivity index (χ4v) is 4.06. The lowest BCUT2D eigenvalue weighted by Crippen LogP contribution is -2.16. The summed E-state index contributed by atoms with van der Waals surface area (Å²) < 4.78 is 0. The van der Waals surface area contributed by atoms with E-state index in [4.69, 9.17) is 28.5 Å². The van der Waals surface area contributed by atoms with Crippen LogP contribution in [0.2, 0.25) is 10.0 Å². The van der Waals surface area contributed by atoms with Crippen LogP contribution in [0.4, 0.5) is 11.4 Å². The maximum atomic E-state index is 12.8. The van der Waals surface area contributed by atoms with Crippen molar-refractivity contribution in [1.29, 1.82) is 5.26 Å². The van der Waals surface area contributed by atoms with E-state index in [0.29, 0.717) is 32.2 Å². The Morgan fingerprint density at radius 3 is 2.34 bits per heavy atom. The molecule has 0 unspecified atom stereocenters. The molecule has 0 aliphatic rings. The molecule has 1 aromatic heterocycles. The van der Waals surface area contributed by atoms with Crippen molar-refractivity contribution in [2.75, 3.05) is 10.6 Å². The zero-order chi connectivity index (χ0) is 25.1. The smallest absolute Gasteiger partial charge is 0.337 e. The monoisotopic (exact) mass is 506 g/mol. The summed E-state index contributed by atoms with van der Waals surface area (Å²) in [5.41, 5.74) is 1.60. The number of nitrogens with zero attached hydrogens (tertiary/aromatic N) is 1. The minimum atomic E-state index is -1.28. The van der Waals surface area contributed by atoms with E-state index in [1.54, 1.807) is 42.5 Å². The Morgan fingerprint density at radius 1 is 0.943 bits per heavy atom. The summed E-state index contributed by atoms with van der Waals surface area (Å²) in [5, 5.41) is 25.2. The minimum Gasteiger partial charge on any atom is -0.478 e. The summed E-state index contributed by atoms with van der Waals surface area (Å²) in [6, 6.07) is 17.5. The van der Waals surface area contributed by atoms with Gasteiger partial charge in [0.15, 0.2) is 0 Å². The molecule has 0 atom stereocenters. The molecule has 0 radical (unpaired) electrons. The molecule has 174 valence electrons. The molecule has 0 fully saturated rings. The topological polar surface area (TPSA) is 135 Å². The molecule has 1 heterocycles. The standard InChI is InChI=1S/C25H16Cl2N4O4/c26-17-4-2-5-18(27)15(17)11-22(32)29-20-6-1-3-14-10-21(30-23(14)20)24(33)31-19-8-7-13(12-28)9-16(19)25(34)35/h1-10,30H,11H2,(H,29,32)(H,31,33)(H,34,35). The number of H-pyrrole nitrogens is 1. The van der Waals surface area contributed by atoms with Crippen LogP contribution in [0, 0.1) is 11.3 Å². The molecule has 2 amide bonds. The number of para-hydroxylation sites is 1. The number of hydrogen-bond donors (Lipinski definition) is 4. The molecule has 4 N–H and O–H groups in total. The maximum absolute atomic E-state index is 12.8. The van der Waals surface area contributed by atoms with Gasteiger partial charge in [0.2, 0.25) is 5.91 Å². The van der Waals surface area contributed by atoms with Gasteiger partial charge < -0.3 is 20.7 Å². The van der Waals surface area contributed by atoms with E-state index in [1.165, 1.54) is 18.2 Å². The number of carbonyl (C=O) groups is 3. The Bertz CT molecular complexity index is 1520. The molecule has 4 aromatic rings. The SMILES string of the molecule is N#Cc1ccc(NC(=O)c2cc3cccc(NC(=O)Cc4c(Cl)cccc4Cl)c3[nH]2)c(C(=O)O)c1. The van der Waals surface area contributed by atoms with E-state index in [-0.39, 0.29) is 34.8 Å². The number of hydrogen-bond acceptors (Lipinski definition) is 4. The largest absolute Gasteiger partial charge is 0.478 e. The molecule has 3 aromatic carbocycles. The Hall–Kier alpha value is -4.32. The molecule has 0 saturated carbocycles. The van der Waals surface area contributed by atoms with Crippen LogP contribution >= 0.6 is 23.2 Å². The summed E-state index contributed by atoms with van der Waals surface area (Å²) in [5.74, 6) is -2.22. The fourth-order valence-electron chi connectivity index (χ4n) is 3.53. The first-order valence-electron chi connectivity index (χ1n) is 10.2. The number of aromatic carboxylic acids is 1. The Labute approximate surface area is 209 Å². The van der Waals surface area contributed by atoms with E-state index < -0.39 is 11.9 Å². The molecule has 0 spiro atoms. The first kappa shape index (κ1) is 23.8. The van der Waals surface area contributed by atoms with Gasteiger partial charge >= 0.3 is 5.97 Å². The molecule has 0 saturated heterocycles. The third-order valence-electron chi connectivity index (χ3n) is 5.20. The quantitative estimate of drug-likeness (QED) is 0.274.